The van der Waals surface area contributed by atoms with Crippen LogP contribution in [0.3, 0.4) is 0 Å². The van der Waals surface area contributed by atoms with Crippen molar-refractivity contribution in [1.29, 1.82) is 0 Å². The molecule has 2 heterocycles. The number of hydrogen-bond donors (Lipinski definition) is 2. The number of ketones is 2. The number of anilines is 1. The quantitative estimate of drug-likeness (QED) is 0.546. The van der Waals surface area contributed by atoms with Crippen LogP contribution in [0.5, 0.6) is 0 Å². The van der Waals surface area contributed by atoms with Crippen LogP contribution in [0.4, 0.5) is 5.69 Å². The molecule has 0 bridgehead atoms. The number of piperidine rings is 2. The van der Waals surface area contributed by atoms with Gasteiger partial charge in [0.15, 0.2) is 11.6 Å². The first-order valence-electron chi connectivity index (χ1n) is 14.1. The molecule has 0 aromatic heterocycles. The monoisotopic (exact) mass is 518 g/mol. The Balaban J connectivity index is 1.19. The van der Waals surface area contributed by atoms with Crippen molar-refractivity contribution in [3.8, 4) is 0 Å². The Morgan fingerprint density at radius 3 is 1.95 bits per heavy atom. The number of nitrogens with zero attached hydrogens (tertiary/aromatic N) is 2. The van der Waals surface area contributed by atoms with Gasteiger partial charge in [0.2, 0.25) is 11.8 Å². The molecule has 4 aliphatic rings. The Hall–Kier alpha value is -3.10. The molecule has 1 aromatic rings. The van der Waals surface area contributed by atoms with Crippen molar-refractivity contribution in [1.82, 2.24) is 15.1 Å². The molecule has 2 N–H and O–H groups in total. The largest absolute Gasteiger partial charge is 0.326 e. The molecule has 0 saturated carbocycles. The van der Waals surface area contributed by atoms with Crippen molar-refractivity contribution in [3.63, 3.8) is 0 Å². The molecule has 38 heavy (non-hydrogen) atoms. The van der Waals surface area contributed by atoms with Crippen molar-refractivity contribution in [2.75, 3.05) is 44.6 Å². The zero-order chi connectivity index (χ0) is 26.5. The topological polar surface area (TPSA) is 98.8 Å². The number of allylic oxidation sites excluding steroid dienone is 3. The number of benzene rings is 1. The fraction of sp³-hybridized carbons (Fsp3) is 0.533. The van der Waals surface area contributed by atoms with E-state index in [0.717, 1.165) is 39.3 Å². The van der Waals surface area contributed by atoms with E-state index in [2.05, 4.69) is 20.4 Å². The lowest BCUT2D eigenvalue weighted by molar-refractivity contribution is -0.120. The molecule has 2 atom stereocenters. The van der Waals surface area contributed by atoms with Crippen LogP contribution in [0.15, 0.2) is 42.1 Å². The van der Waals surface area contributed by atoms with Crippen molar-refractivity contribution >= 4 is 29.1 Å². The average Bonchev–Trinajstić information content (AvgIpc) is 2.95. The maximum absolute atomic E-state index is 13.3. The highest BCUT2D eigenvalue weighted by atomic mass is 16.2. The summed E-state index contributed by atoms with van der Waals surface area (Å²) in [4.78, 5) is 56.3. The Morgan fingerprint density at radius 1 is 0.737 bits per heavy atom. The summed E-state index contributed by atoms with van der Waals surface area (Å²) in [6, 6.07) is 4.95. The maximum atomic E-state index is 13.3. The second-order valence-corrected chi connectivity index (χ2v) is 10.9. The van der Waals surface area contributed by atoms with Gasteiger partial charge in [-0.3, -0.25) is 19.2 Å². The maximum Gasteiger partial charge on any atom is 0.225 e. The van der Waals surface area contributed by atoms with Crippen LogP contribution in [-0.2, 0) is 9.59 Å². The van der Waals surface area contributed by atoms with Gasteiger partial charge in [-0.25, -0.2) is 0 Å². The summed E-state index contributed by atoms with van der Waals surface area (Å²) in [5.74, 6) is -1.70. The number of rotatable bonds is 8. The number of carbonyl (C=O) groups excluding carboxylic acids is 4. The van der Waals surface area contributed by atoms with Gasteiger partial charge in [0, 0.05) is 48.4 Å². The fourth-order valence-corrected chi connectivity index (χ4v) is 5.98. The van der Waals surface area contributed by atoms with Gasteiger partial charge >= 0.3 is 0 Å². The van der Waals surface area contributed by atoms with Crippen molar-refractivity contribution in [2.24, 2.45) is 11.8 Å². The highest BCUT2D eigenvalue weighted by molar-refractivity contribution is 6.18. The third-order valence-electron chi connectivity index (χ3n) is 8.16. The summed E-state index contributed by atoms with van der Waals surface area (Å²) in [6.07, 6.45) is 13.2. The lowest BCUT2D eigenvalue weighted by Crippen LogP contribution is -2.38. The molecule has 0 spiro atoms. The third-order valence-corrected chi connectivity index (χ3v) is 8.16. The molecule has 2 amide bonds. The molecule has 2 saturated heterocycles. The van der Waals surface area contributed by atoms with Gasteiger partial charge in [0.1, 0.15) is 0 Å². The SMILES string of the molecule is O=C(CCN1CCCCC1)NC1=CC2C(=O)c3ccc(NC(=O)CCN4CCCCC4)cc3C(=O)C2C=C1. The van der Waals surface area contributed by atoms with E-state index in [1.54, 1.807) is 36.4 Å². The summed E-state index contributed by atoms with van der Waals surface area (Å²) in [5.41, 5.74) is 1.81. The van der Waals surface area contributed by atoms with Crippen LogP contribution in [-0.4, -0.2) is 72.4 Å². The van der Waals surface area contributed by atoms with Crippen LogP contribution in [0.1, 0.15) is 72.1 Å². The highest BCUT2D eigenvalue weighted by Crippen LogP contribution is 2.36. The Bertz CT molecular complexity index is 1140. The number of hydrogen-bond acceptors (Lipinski definition) is 6. The van der Waals surface area contributed by atoms with Crippen LogP contribution in [0, 0.1) is 11.8 Å². The van der Waals surface area contributed by atoms with Crippen molar-refractivity contribution < 1.29 is 19.2 Å². The van der Waals surface area contributed by atoms with Gasteiger partial charge in [-0.1, -0.05) is 18.9 Å². The highest BCUT2D eigenvalue weighted by Gasteiger charge is 2.40. The van der Waals surface area contributed by atoms with Crippen LogP contribution >= 0.6 is 0 Å². The van der Waals surface area contributed by atoms with Gasteiger partial charge < -0.3 is 20.4 Å². The second-order valence-electron chi connectivity index (χ2n) is 10.9. The molecule has 202 valence electrons. The molecule has 0 radical (unpaired) electrons. The molecular weight excluding hydrogens is 480 g/mol. The predicted molar refractivity (Wildman–Crippen MR) is 146 cm³/mol. The first-order chi connectivity index (χ1) is 18.5. The zero-order valence-electron chi connectivity index (χ0n) is 22.0. The Morgan fingerprint density at radius 2 is 1.32 bits per heavy atom. The fourth-order valence-electron chi connectivity index (χ4n) is 5.98. The van der Waals surface area contributed by atoms with Gasteiger partial charge in [0.25, 0.3) is 0 Å². The summed E-state index contributed by atoms with van der Waals surface area (Å²) in [6.45, 7) is 5.62. The number of carbonyl (C=O) groups is 4. The summed E-state index contributed by atoms with van der Waals surface area (Å²) >= 11 is 0. The Labute approximate surface area is 224 Å². The standard InChI is InChI=1S/C30H38N4O4/c35-27(11-17-33-13-3-1-4-14-33)31-21-7-9-23-25(19-21)29(37)24-10-8-22(20-26(24)30(23)38)32-28(36)12-18-34-15-5-2-6-16-34/h7-10,19-20,23,25H,1-6,11-18H2,(H,31,35)(H,32,36). The minimum Gasteiger partial charge on any atom is -0.326 e. The smallest absolute Gasteiger partial charge is 0.225 e. The third kappa shape index (κ3) is 6.30. The average molecular weight is 519 g/mol. The molecule has 2 aliphatic carbocycles. The predicted octanol–water partition coefficient (Wildman–Crippen LogP) is 3.56. The van der Waals surface area contributed by atoms with Crippen molar-refractivity contribution in [2.45, 2.75) is 51.4 Å². The lowest BCUT2D eigenvalue weighted by atomic mass is 9.72. The van der Waals surface area contributed by atoms with Gasteiger partial charge in [-0.15, -0.1) is 0 Å². The number of likely N-dealkylation sites (tertiary alicyclic amines) is 2. The van der Waals surface area contributed by atoms with E-state index < -0.39 is 11.8 Å². The summed E-state index contributed by atoms with van der Waals surface area (Å²) in [5, 5.41) is 5.80. The van der Waals surface area contributed by atoms with Crippen molar-refractivity contribution in [3.05, 3.63) is 53.3 Å². The van der Waals surface area contributed by atoms with E-state index in [1.165, 1.54) is 38.5 Å². The van der Waals surface area contributed by atoms with Crippen LogP contribution in [0.25, 0.3) is 0 Å². The van der Waals surface area contributed by atoms with E-state index >= 15 is 0 Å². The zero-order valence-corrected chi connectivity index (χ0v) is 22.0. The number of nitrogens with one attached hydrogen (secondary N) is 2. The molecule has 2 aliphatic heterocycles. The molecule has 2 fully saturated rings. The molecule has 5 rings (SSSR count). The molecule has 1 aromatic carbocycles. The number of fused-ring (bicyclic) bond motifs is 2. The number of amides is 2. The lowest BCUT2D eigenvalue weighted by Gasteiger charge is -2.30. The van der Waals surface area contributed by atoms with E-state index in [4.69, 9.17) is 0 Å². The minimum absolute atomic E-state index is 0.0828. The van der Waals surface area contributed by atoms with Gasteiger partial charge in [-0.05, 0) is 82.2 Å². The second kappa shape index (κ2) is 12.2. The Kier molecular flexibility index (Phi) is 8.49. The van der Waals surface area contributed by atoms with E-state index in [0.29, 0.717) is 35.4 Å². The van der Waals surface area contributed by atoms with E-state index in [-0.39, 0.29) is 23.4 Å². The van der Waals surface area contributed by atoms with Gasteiger partial charge in [0.05, 0.1) is 11.8 Å². The summed E-state index contributed by atoms with van der Waals surface area (Å²) in [7, 11) is 0. The minimum atomic E-state index is -0.637. The first-order valence-corrected chi connectivity index (χ1v) is 14.1. The molecule has 2 unspecified atom stereocenters. The molecule has 8 nitrogen and oxygen atoms in total. The molecule has 8 heteroatoms. The van der Waals surface area contributed by atoms with E-state index in [1.807, 2.05) is 0 Å². The molecular formula is C30H38N4O4. The number of Topliss-reactive ketones (excluding diaryl/α,β-unsaturated/α-hetero) is 2. The summed E-state index contributed by atoms with van der Waals surface area (Å²) < 4.78 is 0. The van der Waals surface area contributed by atoms with Crippen LogP contribution < -0.4 is 10.6 Å². The normalized spacial score (nSPS) is 23.8. The first kappa shape index (κ1) is 26.5. The van der Waals surface area contributed by atoms with Crippen LogP contribution in [0.2, 0.25) is 0 Å². The van der Waals surface area contributed by atoms with Gasteiger partial charge in [-0.2, -0.15) is 0 Å². The van der Waals surface area contributed by atoms with E-state index in [9.17, 15) is 19.2 Å².